The molecule has 1 N–H and O–H groups in total. The highest BCUT2D eigenvalue weighted by Crippen LogP contribution is 2.50. The summed E-state index contributed by atoms with van der Waals surface area (Å²) in [5.74, 6) is 0.330. The normalized spacial score (nSPS) is 28.7. The van der Waals surface area contributed by atoms with Crippen molar-refractivity contribution < 1.29 is 4.79 Å². The van der Waals surface area contributed by atoms with Gasteiger partial charge in [0, 0.05) is 11.3 Å². The van der Waals surface area contributed by atoms with Crippen molar-refractivity contribution in [3.8, 4) is 0 Å². The molecule has 1 aliphatic heterocycles. The summed E-state index contributed by atoms with van der Waals surface area (Å²) in [6, 6.07) is 10.4. The number of hydrogen-bond donors (Lipinski definition) is 1. The zero-order valence-electron chi connectivity index (χ0n) is 12.5. The standard InChI is InChI=1S/C17H22N2OS/c1-21-16(8-5-9-16)12-19-14(13-6-3-2-4-7-13)18-17(10-11-17)15(19)20/h2-4,6-7,14,18H,5,8-12H2,1H3. The second kappa shape index (κ2) is 4.75. The molecule has 2 saturated carbocycles. The minimum absolute atomic E-state index is 0.0609. The molecule has 1 saturated heterocycles. The van der Waals surface area contributed by atoms with E-state index >= 15 is 0 Å². The molecule has 3 nitrogen and oxygen atoms in total. The van der Waals surface area contributed by atoms with Gasteiger partial charge in [0.1, 0.15) is 11.7 Å². The summed E-state index contributed by atoms with van der Waals surface area (Å²) in [6.45, 7) is 0.890. The summed E-state index contributed by atoms with van der Waals surface area (Å²) in [5, 5.41) is 3.62. The molecule has 21 heavy (non-hydrogen) atoms. The molecule has 1 aromatic rings. The number of nitrogens with one attached hydrogen (secondary N) is 1. The summed E-state index contributed by atoms with van der Waals surface area (Å²) in [4.78, 5) is 15.0. The number of thioether (sulfide) groups is 1. The lowest BCUT2D eigenvalue weighted by atomic mass is 9.83. The summed E-state index contributed by atoms with van der Waals surface area (Å²) in [6.07, 6.45) is 8.04. The molecule has 1 unspecified atom stereocenters. The first kappa shape index (κ1) is 13.6. The summed E-state index contributed by atoms with van der Waals surface area (Å²) >= 11 is 1.94. The predicted molar refractivity (Wildman–Crippen MR) is 86.1 cm³/mol. The van der Waals surface area contributed by atoms with E-state index in [2.05, 4.69) is 40.7 Å². The molecule has 3 aliphatic rings. The fourth-order valence-corrected chi connectivity index (χ4v) is 4.61. The third-order valence-corrected chi connectivity index (χ3v) is 6.82. The zero-order chi connectivity index (χ0) is 14.5. The second-order valence-electron chi connectivity index (χ2n) is 6.71. The van der Waals surface area contributed by atoms with Gasteiger partial charge in [0.2, 0.25) is 5.91 Å². The van der Waals surface area contributed by atoms with E-state index in [9.17, 15) is 4.79 Å². The minimum atomic E-state index is -0.232. The van der Waals surface area contributed by atoms with Crippen molar-refractivity contribution >= 4 is 17.7 Å². The van der Waals surface area contributed by atoms with Crippen LogP contribution in [0.3, 0.4) is 0 Å². The Hall–Kier alpha value is -1.00. The Bertz CT molecular complexity index is 546. The van der Waals surface area contributed by atoms with Gasteiger partial charge in [-0.15, -0.1) is 0 Å². The first-order valence-electron chi connectivity index (χ1n) is 7.87. The number of rotatable bonds is 4. The van der Waals surface area contributed by atoms with Crippen molar-refractivity contribution in [2.45, 2.75) is 48.6 Å². The molecule has 4 rings (SSSR count). The van der Waals surface area contributed by atoms with Crippen molar-refractivity contribution in [1.82, 2.24) is 10.2 Å². The van der Waals surface area contributed by atoms with Crippen LogP contribution in [0.15, 0.2) is 30.3 Å². The molecule has 1 amide bonds. The summed E-state index contributed by atoms with van der Waals surface area (Å²) < 4.78 is 0.296. The topological polar surface area (TPSA) is 32.3 Å². The number of nitrogens with zero attached hydrogens (tertiary/aromatic N) is 1. The molecular weight excluding hydrogens is 280 g/mol. The van der Waals surface area contributed by atoms with Crippen molar-refractivity contribution in [2.75, 3.05) is 12.8 Å². The van der Waals surface area contributed by atoms with Crippen molar-refractivity contribution in [3.05, 3.63) is 35.9 Å². The van der Waals surface area contributed by atoms with Gasteiger partial charge >= 0.3 is 0 Å². The van der Waals surface area contributed by atoms with Gasteiger partial charge in [0.15, 0.2) is 0 Å². The molecule has 4 heteroatoms. The molecule has 3 fully saturated rings. The van der Waals surface area contributed by atoms with E-state index in [1.54, 1.807) is 0 Å². The van der Waals surface area contributed by atoms with Crippen LogP contribution >= 0.6 is 11.8 Å². The van der Waals surface area contributed by atoms with Crippen LogP contribution in [0.2, 0.25) is 0 Å². The molecule has 0 aromatic heterocycles. The van der Waals surface area contributed by atoms with Crippen LogP contribution in [-0.4, -0.2) is 33.9 Å². The number of hydrogen-bond acceptors (Lipinski definition) is 3. The van der Waals surface area contributed by atoms with Gasteiger partial charge < -0.3 is 4.90 Å². The lowest BCUT2D eigenvalue weighted by Gasteiger charge is -2.44. The Morgan fingerprint density at radius 3 is 2.48 bits per heavy atom. The van der Waals surface area contributed by atoms with Gasteiger partial charge in [0.25, 0.3) is 0 Å². The summed E-state index contributed by atoms with van der Waals surface area (Å²) in [7, 11) is 0. The number of benzene rings is 1. The number of carbonyl (C=O) groups is 1. The Kier molecular flexibility index (Phi) is 3.09. The average molecular weight is 302 g/mol. The van der Waals surface area contributed by atoms with E-state index < -0.39 is 0 Å². The molecule has 1 aromatic carbocycles. The van der Waals surface area contributed by atoms with Crippen LogP contribution in [-0.2, 0) is 4.79 Å². The van der Waals surface area contributed by atoms with Gasteiger partial charge in [0.05, 0.1) is 0 Å². The largest absolute Gasteiger partial charge is 0.320 e. The maximum atomic E-state index is 12.9. The molecule has 1 atom stereocenters. The van der Waals surface area contributed by atoms with Crippen LogP contribution in [0, 0.1) is 0 Å². The van der Waals surface area contributed by atoms with Crippen LogP contribution < -0.4 is 5.32 Å². The van der Waals surface area contributed by atoms with Crippen LogP contribution in [0.25, 0.3) is 0 Å². The second-order valence-corrected chi connectivity index (χ2v) is 7.99. The zero-order valence-corrected chi connectivity index (χ0v) is 13.3. The van der Waals surface area contributed by atoms with Gasteiger partial charge in [-0.2, -0.15) is 11.8 Å². The van der Waals surface area contributed by atoms with E-state index in [1.807, 2.05) is 17.8 Å². The van der Waals surface area contributed by atoms with E-state index in [0.29, 0.717) is 10.7 Å². The number of amides is 1. The Morgan fingerprint density at radius 2 is 1.95 bits per heavy atom. The van der Waals surface area contributed by atoms with E-state index in [4.69, 9.17) is 0 Å². The highest BCUT2D eigenvalue weighted by molar-refractivity contribution is 8.00. The maximum Gasteiger partial charge on any atom is 0.244 e. The van der Waals surface area contributed by atoms with Gasteiger partial charge in [-0.05, 0) is 37.5 Å². The lowest BCUT2D eigenvalue weighted by Crippen LogP contribution is -2.47. The first-order valence-corrected chi connectivity index (χ1v) is 9.10. The molecule has 1 spiro atoms. The Labute approximate surface area is 130 Å². The lowest BCUT2D eigenvalue weighted by molar-refractivity contribution is -0.131. The van der Waals surface area contributed by atoms with Gasteiger partial charge in [-0.1, -0.05) is 36.8 Å². The van der Waals surface area contributed by atoms with Crippen LogP contribution in [0.5, 0.6) is 0 Å². The third-order valence-electron chi connectivity index (χ3n) is 5.42. The first-order chi connectivity index (χ1) is 10.2. The molecular formula is C17H22N2OS. The number of carbonyl (C=O) groups excluding carboxylic acids is 1. The Balaban J connectivity index is 1.63. The van der Waals surface area contributed by atoms with Crippen molar-refractivity contribution in [2.24, 2.45) is 0 Å². The van der Waals surface area contributed by atoms with E-state index in [0.717, 1.165) is 19.4 Å². The average Bonchev–Trinajstić information content (AvgIpc) is 3.21. The van der Waals surface area contributed by atoms with Crippen LogP contribution in [0.4, 0.5) is 0 Å². The molecule has 1 heterocycles. The molecule has 0 bridgehead atoms. The van der Waals surface area contributed by atoms with Gasteiger partial charge in [-0.3, -0.25) is 10.1 Å². The Morgan fingerprint density at radius 1 is 1.24 bits per heavy atom. The molecule has 2 aliphatic carbocycles. The monoisotopic (exact) mass is 302 g/mol. The van der Waals surface area contributed by atoms with Crippen LogP contribution in [0.1, 0.15) is 43.8 Å². The fraction of sp³-hybridized carbons (Fsp3) is 0.588. The minimum Gasteiger partial charge on any atom is -0.320 e. The molecule has 0 radical (unpaired) electrons. The maximum absolute atomic E-state index is 12.9. The highest BCUT2D eigenvalue weighted by Gasteiger charge is 2.60. The predicted octanol–water partition coefficient (Wildman–Crippen LogP) is 2.94. The van der Waals surface area contributed by atoms with E-state index in [-0.39, 0.29) is 11.7 Å². The SMILES string of the molecule is CSC1(CN2C(=O)C3(CC3)NC2c2ccccc2)CCC1. The fourth-order valence-electron chi connectivity index (χ4n) is 3.65. The quantitative estimate of drug-likeness (QED) is 0.928. The van der Waals surface area contributed by atoms with Gasteiger partial charge in [-0.25, -0.2) is 0 Å². The van der Waals surface area contributed by atoms with Crippen molar-refractivity contribution in [1.29, 1.82) is 0 Å². The van der Waals surface area contributed by atoms with Crippen molar-refractivity contribution in [3.63, 3.8) is 0 Å². The molecule has 112 valence electrons. The highest BCUT2D eigenvalue weighted by atomic mass is 32.2. The summed E-state index contributed by atoms with van der Waals surface area (Å²) in [5.41, 5.74) is 0.981. The smallest absolute Gasteiger partial charge is 0.244 e. The third kappa shape index (κ3) is 2.11. The van der Waals surface area contributed by atoms with E-state index in [1.165, 1.54) is 24.8 Å².